The van der Waals surface area contributed by atoms with Crippen LogP contribution in [0, 0.1) is 3.70 Å². The number of ether oxygens (including phenoxy) is 5. The summed E-state index contributed by atoms with van der Waals surface area (Å²) in [7, 11) is -4.41. The number of halogens is 1. The number of benzene rings is 1. The molecule has 0 bridgehead atoms. The Morgan fingerprint density at radius 1 is 0.897 bits per heavy atom. The number of sulfone groups is 1. The molecule has 1 fully saturated rings. The largest absolute Gasteiger partial charge is 0.463 e. The summed E-state index contributed by atoms with van der Waals surface area (Å²) in [6.45, 7) is 3.69. The van der Waals surface area contributed by atoms with Crippen LogP contribution in [0.5, 0.6) is 0 Å². The molecular weight excluding hydrogens is 653 g/mol. The zero-order chi connectivity index (χ0) is 28.9. The summed E-state index contributed by atoms with van der Waals surface area (Å²) in [5.74, 6) is -4.04. The highest BCUT2D eigenvalue weighted by atomic mass is 127. The van der Waals surface area contributed by atoms with Gasteiger partial charge in [0.1, 0.15) is 22.1 Å². The molecule has 16 heteroatoms. The van der Waals surface area contributed by atoms with Crippen molar-refractivity contribution >= 4 is 56.3 Å². The number of hydrogen-bond donors (Lipinski definition) is 0. The number of aromatic nitrogens is 3. The first-order valence-electron chi connectivity index (χ1n) is 11.5. The SMILES string of the molecule is CC(=O)OC[C@@H]1OC(S(=O)(=O)Cc2nnn(-c3ccccc3)c2I)[C@@H](OC(C)=O)[C@H](OC(C)=O)[C@@H]1OC(C)=O. The van der Waals surface area contributed by atoms with Crippen molar-refractivity contribution in [3.05, 3.63) is 39.7 Å². The van der Waals surface area contributed by atoms with Gasteiger partial charge in [-0.25, -0.2) is 13.1 Å². The van der Waals surface area contributed by atoms with E-state index in [0.717, 1.165) is 27.7 Å². The maximum Gasteiger partial charge on any atom is 0.303 e. The van der Waals surface area contributed by atoms with Crippen LogP contribution in [0.3, 0.4) is 0 Å². The van der Waals surface area contributed by atoms with Gasteiger partial charge in [0.05, 0.1) is 11.4 Å². The molecule has 3 rings (SSSR count). The molecule has 1 aromatic carbocycles. The van der Waals surface area contributed by atoms with Gasteiger partial charge in [-0.3, -0.25) is 19.2 Å². The van der Waals surface area contributed by atoms with Crippen LogP contribution >= 0.6 is 22.6 Å². The molecule has 5 atom stereocenters. The minimum Gasteiger partial charge on any atom is -0.463 e. The second-order valence-corrected chi connectivity index (χ2v) is 11.5. The summed E-state index contributed by atoms with van der Waals surface area (Å²) >= 11 is 1.90. The van der Waals surface area contributed by atoms with Gasteiger partial charge >= 0.3 is 23.9 Å². The third-order valence-electron chi connectivity index (χ3n) is 5.32. The van der Waals surface area contributed by atoms with Crippen molar-refractivity contribution in [2.24, 2.45) is 0 Å². The van der Waals surface area contributed by atoms with E-state index in [9.17, 15) is 27.6 Å². The Balaban J connectivity index is 2.04. The predicted octanol–water partition coefficient (Wildman–Crippen LogP) is 0.870. The topological polar surface area (TPSA) is 179 Å². The van der Waals surface area contributed by atoms with E-state index in [1.807, 2.05) is 28.7 Å². The second kappa shape index (κ2) is 12.8. The number of carbonyl (C=O) groups is 4. The fourth-order valence-electron chi connectivity index (χ4n) is 3.87. The third kappa shape index (κ3) is 7.72. The molecule has 2 heterocycles. The molecule has 14 nitrogen and oxygen atoms in total. The molecule has 212 valence electrons. The van der Waals surface area contributed by atoms with E-state index in [2.05, 4.69) is 10.3 Å². The number of hydrogen-bond acceptors (Lipinski definition) is 13. The van der Waals surface area contributed by atoms with E-state index < -0.39 is 75.9 Å². The highest BCUT2D eigenvalue weighted by Gasteiger charge is 2.56. The Kier molecular flexibility index (Phi) is 10.0. The molecule has 0 saturated carbocycles. The highest BCUT2D eigenvalue weighted by molar-refractivity contribution is 14.1. The van der Waals surface area contributed by atoms with Crippen LogP contribution in [0.15, 0.2) is 30.3 Å². The summed E-state index contributed by atoms with van der Waals surface area (Å²) in [4.78, 5) is 47.3. The number of rotatable bonds is 9. The van der Waals surface area contributed by atoms with Crippen LogP contribution in [0.1, 0.15) is 33.4 Å². The zero-order valence-corrected chi connectivity index (χ0v) is 24.3. The molecule has 2 aromatic rings. The van der Waals surface area contributed by atoms with Gasteiger partial charge in [-0.2, -0.15) is 0 Å². The fraction of sp³-hybridized carbons (Fsp3) is 0.478. The summed E-state index contributed by atoms with van der Waals surface area (Å²) in [5, 5.41) is 8.03. The van der Waals surface area contributed by atoms with Crippen LogP contribution in [-0.4, -0.2) is 83.7 Å². The van der Waals surface area contributed by atoms with E-state index in [-0.39, 0.29) is 5.69 Å². The zero-order valence-electron chi connectivity index (χ0n) is 21.3. The monoisotopic (exact) mass is 679 g/mol. The van der Waals surface area contributed by atoms with Gasteiger partial charge < -0.3 is 23.7 Å². The Bertz CT molecular complexity index is 1330. The molecule has 0 radical (unpaired) electrons. The maximum absolute atomic E-state index is 13.7. The smallest absolute Gasteiger partial charge is 0.303 e. The minimum atomic E-state index is -4.41. The van der Waals surface area contributed by atoms with Gasteiger partial charge in [-0.15, -0.1) is 5.10 Å². The molecule has 1 aliphatic heterocycles. The molecule has 0 N–H and O–H groups in total. The highest BCUT2D eigenvalue weighted by Crippen LogP contribution is 2.33. The van der Waals surface area contributed by atoms with Crippen molar-refractivity contribution in [3.63, 3.8) is 0 Å². The maximum atomic E-state index is 13.7. The predicted molar refractivity (Wildman–Crippen MR) is 139 cm³/mol. The van der Waals surface area contributed by atoms with Crippen molar-refractivity contribution in [1.29, 1.82) is 0 Å². The van der Waals surface area contributed by atoms with Crippen LogP contribution in [0.2, 0.25) is 0 Å². The van der Waals surface area contributed by atoms with Crippen LogP contribution in [-0.2, 0) is 58.5 Å². The summed E-state index contributed by atoms with van der Waals surface area (Å²) < 4.78 is 55.9. The fourth-order valence-corrected chi connectivity index (χ4v) is 6.48. The van der Waals surface area contributed by atoms with Crippen molar-refractivity contribution in [2.45, 2.75) is 63.3 Å². The van der Waals surface area contributed by atoms with Gasteiger partial charge in [0.15, 0.2) is 33.6 Å². The first-order chi connectivity index (χ1) is 18.3. The summed E-state index contributed by atoms with van der Waals surface area (Å²) in [6.07, 6.45) is -6.21. The van der Waals surface area contributed by atoms with E-state index in [1.165, 1.54) is 4.68 Å². The van der Waals surface area contributed by atoms with Crippen LogP contribution in [0.4, 0.5) is 0 Å². The molecule has 0 amide bonds. The second-order valence-electron chi connectivity index (χ2n) is 8.45. The molecule has 1 saturated heterocycles. The first-order valence-corrected chi connectivity index (χ1v) is 14.3. The van der Waals surface area contributed by atoms with Crippen molar-refractivity contribution in [3.8, 4) is 5.69 Å². The van der Waals surface area contributed by atoms with Crippen LogP contribution < -0.4 is 0 Å². The van der Waals surface area contributed by atoms with Gasteiger partial charge in [-0.05, 0) is 34.7 Å². The van der Waals surface area contributed by atoms with Gasteiger partial charge in [0.2, 0.25) is 0 Å². The number of esters is 4. The molecule has 39 heavy (non-hydrogen) atoms. The van der Waals surface area contributed by atoms with E-state index in [1.54, 1.807) is 24.3 Å². The Labute approximate surface area is 237 Å². The molecular formula is C23H26IN3O11S. The average molecular weight is 679 g/mol. The Hall–Kier alpha value is -3.12. The number of para-hydroxylation sites is 1. The van der Waals surface area contributed by atoms with Crippen molar-refractivity contribution in [2.75, 3.05) is 6.61 Å². The van der Waals surface area contributed by atoms with E-state index in [4.69, 9.17) is 23.7 Å². The molecule has 1 aromatic heterocycles. The normalized spacial score (nSPS) is 22.9. The molecule has 1 aliphatic rings. The lowest BCUT2D eigenvalue weighted by Crippen LogP contribution is -2.64. The standard InChI is InChI=1S/C23H26IN3O11S/c1-12(28)34-10-18-19(35-13(2)29)20(36-14(3)30)21(37-15(4)31)23(38-18)39(32,33)11-17-22(24)27(26-25-17)16-8-6-5-7-9-16/h5-9,18-21,23H,10-11H2,1-4H3/t18-,19+,20+,21-,23?/m0/s1. The minimum absolute atomic E-state index is 0.0762. The Morgan fingerprint density at radius 2 is 1.46 bits per heavy atom. The van der Waals surface area contributed by atoms with Gasteiger partial charge in [0, 0.05) is 27.7 Å². The lowest BCUT2D eigenvalue weighted by atomic mass is 9.99. The first kappa shape index (κ1) is 30.4. The molecule has 1 unspecified atom stereocenters. The third-order valence-corrected chi connectivity index (χ3v) is 8.16. The van der Waals surface area contributed by atoms with Crippen molar-refractivity contribution < 1.29 is 51.3 Å². The van der Waals surface area contributed by atoms with E-state index >= 15 is 0 Å². The number of carbonyl (C=O) groups excluding carboxylic acids is 4. The van der Waals surface area contributed by atoms with Crippen molar-refractivity contribution in [1.82, 2.24) is 15.0 Å². The summed E-state index contributed by atoms with van der Waals surface area (Å²) in [5.41, 5.74) is -1.20. The van der Waals surface area contributed by atoms with Crippen LogP contribution in [0.25, 0.3) is 5.69 Å². The summed E-state index contributed by atoms with van der Waals surface area (Å²) in [6, 6.07) is 8.88. The lowest BCUT2D eigenvalue weighted by Gasteiger charge is -2.43. The van der Waals surface area contributed by atoms with Gasteiger partial charge in [0.25, 0.3) is 0 Å². The molecule has 0 spiro atoms. The average Bonchev–Trinajstić information content (AvgIpc) is 3.19. The quantitative estimate of drug-likeness (QED) is 0.207. The lowest BCUT2D eigenvalue weighted by molar-refractivity contribution is -0.238. The van der Waals surface area contributed by atoms with Gasteiger partial charge in [-0.1, -0.05) is 23.4 Å². The molecule has 0 aliphatic carbocycles. The Morgan fingerprint density at radius 3 is 2.03 bits per heavy atom. The van der Waals surface area contributed by atoms with E-state index in [0.29, 0.717) is 9.39 Å². The number of nitrogens with zero attached hydrogens (tertiary/aromatic N) is 3.